The van der Waals surface area contributed by atoms with Gasteiger partial charge in [0.25, 0.3) is 0 Å². The predicted octanol–water partition coefficient (Wildman–Crippen LogP) is 3.24. The first-order valence-corrected chi connectivity index (χ1v) is 8.88. The standard InChI is InChI=1S/C16H20N4O5S/c1-5-12(19-8-11(7-17-19)20(23)24)14(21)18-15-13(16(22)25-6-2)9(3)10(4)26-15/h7-8,12H,5-6H2,1-4H3,(H,18,21). The molecule has 1 unspecified atom stereocenters. The highest BCUT2D eigenvalue weighted by Gasteiger charge is 2.26. The first kappa shape index (κ1) is 19.6. The number of thiophene rings is 1. The number of hydrogen-bond acceptors (Lipinski definition) is 7. The second kappa shape index (κ2) is 8.09. The summed E-state index contributed by atoms with van der Waals surface area (Å²) in [5, 5.41) is 17.9. The van der Waals surface area contributed by atoms with E-state index in [1.54, 1.807) is 20.8 Å². The molecule has 1 amide bonds. The molecular weight excluding hydrogens is 360 g/mol. The summed E-state index contributed by atoms with van der Waals surface area (Å²) in [5.41, 5.74) is 0.904. The van der Waals surface area contributed by atoms with E-state index < -0.39 is 22.8 Å². The average molecular weight is 380 g/mol. The molecule has 0 fully saturated rings. The molecule has 2 heterocycles. The third-order valence-corrected chi connectivity index (χ3v) is 5.03. The van der Waals surface area contributed by atoms with Gasteiger partial charge in [0, 0.05) is 4.88 Å². The molecule has 0 aliphatic carbocycles. The number of nitrogens with one attached hydrogen (secondary N) is 1. The first-order valence-electron chi connectivity index (χ1n) is 8.06. The van der Waals surface area contributed by atoms with E-state index in [9.17, 15) is 19.7 Å². The number of hydrogen-bond donors (Lipinski definition) is 1. The summed E-state index contributed by atoms with van der Waals surface area (Å²) in [6, 6.07) is -0.735. The number of carbonyl (C=O) groups is 2. The number of amides is 1. The van der Waals surface area contributed by atoms with Gasteiger partial charge in [0.2, 0.25) is 5.91 Å². The molecule has 0 radical (unpaired) electrons. The number of ether oxygens (including phenoxy) is 1. The molecule has 0 aromatic carbocycles. The predicted molar refractivity (Wildman–Crippen MR) is 96.6 cm³/mol. The van der Waals surface area contributed by atoms with Crippen LogP contribution in [0.25, 0.3) is 0 Å². The summed E-state index contributed by atoms with van der Waals surface area (Å²) in [4.78, 5) is 36.0. The molecule has 0 saturated carbocycles. The van der Waals surface area contributed by atoms with E-state index in [-0.39, 0.29) is 12.3 Å². The maximum atomic E-state index is 12.7. The Hall–Kier alpha value is -2.75. The van der Waals surface area contributed by atoms with E-state index in [4.69, 9.17) is 4.74 Å². The Morgan fingerprint density at radius 3 is 2.65 bits per heavy atom. The van der Waals surface area contributed by atoms with Gasteiger partial charge in [-0.2, -0.15) is 5.10 Å². The summed E-state index contributed by atoms with van der Waals surface area (Å²) >= 11 is 1.29. The first-order chi connectivity index (χ1) is 12.3. The summed E-state index contributed by atoms with van der Waals surface area (Å²) < 4.78 is 6.32. The van der Waals surface area contributed by atoms with Crippen molar-refractivity contribution >= 4 is 33.9 Å². The van der Waals surface area contributed by atoms with Crippen LogP contribution in [-0.4, -0.2) is 33.2 Å². The number of carbonyl (C=O) groups excluding carboxylic acids is 2. The molecule has 2 aromatic rings. The van der Waals surface area contributed by atoms with Crippen LogP contribution in [0.1, 0.15) is 47.1 Å². The van der Waals surface area contributed by atoms with Gasteiger partial charge in [-0.15, -0.1) is 11.3 Å². The molecule has 2 rings (SSSR count). The number of aromatic nitrogens is 2. The van der Waals surface area contributed by atoms with Gasteiger partial charge in [0.15, 0.2) is 0 Å². The van der Waals surface area contributed by atoms with Gasteiger partial charge in [-0.05, 0) is 32.8 Å². The van der Waals surface area contributed by atoms with Gasteiger partial charge in [-0.1, -0.05) is 6.92 Å². The fourth-order valence-corrected chi connectivity index (χ4v) is 3.50. The highest BCUT2D eigenvalue weighted by atomic mass is 32.1. The molecule has 0 saturated heterocycles. The Kier molecular flexibility index (Phi) is 6.09. The number of rotatable bonds is 7. The van der Waals surface area contributed by atoms with Crippen LogP contribution in [0.2, 0.25) is 0 Å². The van der Waals surface area contributed by atoms with E-state index in [0.717, 1.165) is 16.6 Å². The highest BCUT2D eigenvalue weighted by molar-refractivity contribution is 7.16. The zero-order valence-electron chi connectivity index (χ0n) is 14.9. The lowest BCUT2D eigenvalue weighted by Crippen LogP contribution is -2.26. The van der Waals surface area contributed by atoms with Crippen LogP contribution < -0.4 is 5.32 Å². The van der Waals surface area contributed by atoms with Crippen molar-refractivity contribution in [1.82, 2.24) is 9.78 Å². The van der Waals surface area contributed by atoms with Crippen molar-refractivity contribution in [3.63, 3.8) is 0 Å². The van der Waals surface area contributed by atoms with Crippen LogP contribution in [0.15, 0.2) is 12.4 Å². The molecule has 26 heavy (non-hydrogen) atoms. The molecule has 2 aromatic heterocycles. The Bertz CT molecular complexity index is 842. The molecule has 0 bridgehead atoms. The second-order valence-electron chi connectivity index (χ2n) is 5.56. The van der Waals surface area contributed by atoms with E-state index in [0.29, 0.717) is 17.0 Å². The molecule has 0 aliphatic heterocycles. The van der Waals surface area contributed by atoms with Gasteiger partial charge in [0.1, 0.15) is 23.4 Å². The lowest BCUT2D eigenvalue weighted by molar-refractivity contribution is -0.385. The Morgan fingerprint density at radius 1 is 1.42 bits per heavy atom. The molecule has 9 nitrogen and oxygen atoms in total. The minimum atomic E-state index is -0.735. The van der Waals surface area contributed by atoms with Crippen LogP contribution in [0, 0.1) is 24.0 Å². The SMILES string of the molecule is CCOC(=O)c1c(NC(=O)C(CC)n2cc([N+](=O)[O-])cn2)sc(C)c1C. The number of aryl methyl sites for hydroxylation is 1. The van der Waals surface area contributed by atoms with Gasteiger partial charge in [0.05, 0.1) is 17.1 Å². The quantitative estimate of drug-likeness (QED) is 0.448. The van der Waals surface area contributed by atoms with Crippen molar-refractivity contribution in [2.45, 2.75) is 40.2 Å². The molecular formula is C16H20N4O5S. The largest absolute Gasteiger partial charge is 0.462 e. The zero-order chi connectivity index (χ0) is 19.4. The van der Waals surface area contributed by atoms with E-state index in [1.165, 1.54) is 22.2 Å². The van der Waals surface area contributed by atoms with Gasteiger partial charge in [-0.25, -0.2) is 4.79 Å². The molecule has 1 atom stereocenters. The van der Waals surface area contributed by atoms with E-state index >= 15 is 0 Å². The second-order valence-corrected chi connectivity index (χ2v) is 6.78. The number of nitrogens with zero attached hydrogens (tertiary/aromatic N) is 3. The van der Waals surface area contributed by atoms with E-state index in [2.05, 4.69) is 10.4 Å². The van der Waals surface area contributed by atoms with Crippen LogP contribution in [0.4, 0.5) is 10.7 Å². The minimum Gasteiger partial charge on any atom is -0.462 e. The lowest BCUT2D eigenvalue weighted by atomic mass is 10.1. The number of anilines is 1. The molecule has 140 valence electrons. The topological polar surface area (TPSA) is 116 Å². The van der Waals surface area contributed by atoms with Crippen molar-refractivity contribution in [1.29, 1.82) is 0 Å². The molecule has 1 N–H and O–H groups in total. The molecule has 0 spiro atoms. The third kappa shape index (κ3) is 3.90. The summed E-state index contributed by atoms with van der Waals surface area (Å²) in [5.74, 6) is -0.898. The Balaban J connectivity index is 2.28. The summed E-state index contributed by atoms with van der Waals surface area (Å²) in [7, 11) is 0. The van der Waals surface area contributed by atoms with Gasteiger partial charge >= 0.3 is 11.7 Å². The van der Waals surface area contributed by atoms with E-state index in [1.807, 2.05) is 6.92 Å². The van der Waals surface area contributed by atoms with Crippen molar-refractivity contribution in [2.75, 3.05) is 11.9 Å². The molecule has 0 aliphatic rings. The summed E-state index contributed by atoms with van der Waals surface area (Å²) in [6.45, 7) is 7.36. The van der Waals surface area contributed by atoms with Crippen LogP contribution in [0.3, 0.4) is 0 Å². The molecule has 10 heteroatoms. The van der Waals surface area contributed by atoms with Crippen LogP contribution in [0.5, 0.6) is 0 Å². The lowest BCUT2D eigenvalue weighted by Gasteiger charge is -2.15. The van der Waals surface area contributed by atoms with Crippen molar-refractivity contribution in [3.8, 4) is 0 Å². The third-order valence-electron chi connectivity index (χ3n) is 3.91. The van der Waals surface area contributed by atoms with Gasteiger partial charge < -0.3 is 10.1 Å². The Morgan fingerprint density at radius 2 is 2.12 bits per heavy atom. The van der Waals surface area contributed by atoms with Crippen molar-refractivity contribution in [3.05, 3.63) is 38.5 Å². The minimum absolute atomic E-state index is 0.189. The normalized spacial score (nSPS) is 11.8. The maximum absolute atomic E-state index is 12.7. The fourth-order valence-electron chi connectivity index (χ4n) is 2.44. The monoisotopic (exact) mass is 380 g/mol. The van der Waals surface area contributed by atoms with Crippen molar-refractivity contribution in [2.24, 2.45) is 0 Å². The average Bonchev–Trinajstić information content (AvgIpc) is 3.15. The fraction of sp³-hybridized carbons (Fsp3) is 0.438. The van der Waals surface area contributed by atoms with Crippen LogP contribution in [-0.2, 0) is 9.53 Å². The smallest absolute Gasteiger partial charge is 0.341 e. The van der Waals surface area contributed by atoms with Gasteiger partial charge in [-0.3, -0.25) is 19.6 Å². The number of esters is 1. The van der Waals surface area contributed by atoms with Crippen molar-refractivity contribution < 1.29 is 19.2 Å². The maximum Gasteiger partial charge on any atom is 0.341 e. The number of nitro groups is 1. The zero-order valence-corrected chi connectivity index (χ0v) is 15.8. The Labute approximate surface area is 154 Å². The summed E-state index contributed by atoms with van der Waals surface area (Å²) in [6.07, 6.45) is 2.69. The highest BCUT2D eigenvalue weighted by Crippen LogP contribution is 2.33. The van der Waals surface area contributed by atoms with Crippen LogP contribution >= 0.6 is 11.3 Å².